The number of ketones is 2. The van der Waals surface area contributed by atoms with Crippen LogP contribution in [0.5, 0.6) is 5.75 Å². The van der Waals surface area contributed by atoms with Gasteiger partial charge in [-0.3, -0.25) is 14.1 Å². The number of carbonyl (C=O) groups is 2. The average molecular weight is 563 g/mol. The largest absolute Gasteiger partial charge is 0.489 e. The van der Waals surface area contributed by atoms with Gasteiger partial charge in [-0.1, -0.05) is 35.9 Å². The average Bonchev–Trinajstić information content (AvgIpc) is 3.21. The molecular weight excluding hydrogens is 531 g/mol. The van der Waals surface area contributed by atoms with Crippen molar-refractivity contribution in [1.82, 2.24) is 9.55 Å². The third-order valence-electron chi connectivity index (χ3n) is 5.84. The Kier molecular flexibility index (Phi) is 10.0. The van der Waals surface area contributed by atoms with Crippen LogP contribution in [0.2, 0.25) is 5.02 Å². The molecule has 0 radical (unpaired) electrons. The predicted octanol–water partition coefficient (Wildman–Crippen LogP) is 5.66. The highest BCUT2D eigenvalue weighted by Crippen LogP contribution is 2.36. The summed E-state index contributed by atoms with van der Waals surface area (Å²) >= 11 is 6.30. The molecule has 2 aromatic carbocycles. The molecule has 204 valence electrons. The van der Waals surface area contributed by atoms with E-state index in [1.54, 1.807) is 36.0 Å². The zero-order chi connectivity index (χ0) is 28.0. The van der Waals surface area contributed by atoms with Gasteiger partial charge in [-0.25, -0.2) is 9.55 Å². The van der Waals surface area contributed by atoms with Crippen molar-refractivity contribution in [2.24, 2.45) is 13.0 Å². The third-order valence-corrected chi connectivity index (χ3v) is 6.66. The van der Waals surface area contributed by atoms with Gasteiger partial charge >= 0.3 is 7.82 Å². The molecule has 0 amide bonds. The number of hydrogen-bond acceptors (Lipinski definition) is 6. The number of phosphoric ester groups is 1. The van der Waals surface area contributed by atoms with Crippen LogP contribution in [-0.4, -0.2) is 43.6 Å². The Balaban J connectivity index is 1.75. The maximum Gasteiger partial charge on any atom is 0.469 e. The second-order valence-electron chi connectivity index (χ2n) is 9.44. The molecule has 1 heterocycles. The number of aromatic nitrogens is 2. The highest BCUT2D eigenvalue weighted by atomic mass is 35.5. The van der Waals surface area contributed by atoms with E-state index in [2.05, 4.69) is 9.51 Å². The number of ether oxygens (including phenoxy) is 1. The summed E-state index contributed by atoms with van der Waals surface area (Å²) in [5.74, 6) is 0.351. The minimum atomic E-state index is -4.62. The molecule has 3 aromatic rings. The summed E-state index contributed by atoms with van der Waals surface area (Å²) in [4.78, 5) is 47.3. The van der Waals surface area contributed by atoms with Crippen molar-refractivity contribution in [1.29, 1.82) is 0 Å². The molecule has 9 nitrogen and oxygen atoms in total. The van der Waals surface area contributed by atoms with Crippen LogP contribution in [0.15, 0.2) is 48.7 Å². The molecule has 0 aliphatic heterocycles. The van der Waals surface area contributed by atoms with Gasteiger partial charge in [-0.05, 0) is 56.4 Å². The fraction of sp³-hybridized carbons (Fsp3) is 0.370. The van der Waals surface area contributed by atoms with Crippen LogP contribution in [0.4, 0.5) is 0 Å². The number of hydrogen-bond donors (Lipinski definition) is 2. The van der Waals surface area contributed by atoms with Gasteiger partial charge in [0.15, 0.2) is 17.4 Å². The van der Waals surface area contributed by atoms with Crippen LogP contribution < -0.4 is 4.74 Å². The topological polar surface area (TPSA) is 128 Å². The lowest BCUT2D eigenvalue weighted by Crippen LogP contribution is -2.14. The van der Waals surface area contributed by atoms with Crippen LogP contribution in [0.25, 0.3) is 11.3 Å². The predicted molar refractivity (Wildman–Crippen MR) is 145 cm³/mol. The first-order chi connectivity index (χ1) is 17.8. The van der Waals surface area contributed by atoms with Gasteiger partial charge in [0, 0.05) is 37.7 Å². The van der Waals surface area contributed by atoms with E-state index >= 15 is 0 Å². The zero-order valence-electron chi connectivity index (χ0n) is 21.8. The summed E-state index contributed by atoms with van der Waals surface area (Å²) < 4.78 is 23.1. The van der Waals surface area contributed by atoms with Gasteiger partial charge < -0.3 is 19.1 Å². The number of phosphoric acid groups is 1. The van der Waals surface area contributed by atoms with Crippen molar-refractivity contribution in [3.63, 3.8) is 0 Å². The SMILES string of the molecule is CC(=O)c1nc(-c2ccc(C[C@@H](CCOP(=O)(O)O)CC(=O)c3ccc(OC(C)C)c(Cl)c3)cc2)cn1C. The van der Waals surface area contributed by atoms with E-state index in [4.69, 9.17) is 26.1 Å². The first-order valence-corrected chi connectivity index (χ1v) is 14.1. The van der Waals surface area contributed by atoms with Crippen LogP contribution in [-0.2, 0) is 22.6 Å². The summed E-state index contributed by atoms with van der Waals surface area (Å²) in [6.07, 6.45) is 2.61. The Labute approximate surface area is 227 Å². The molecule has 0 bridgehead atoms. The number of carbonyl (C=O) groups excluding carboxylic acids is 2. The quantitative estimate of drug-likeness (QED) is 0.202. The van der Waals surface area contributed by atoms with Crippen molar-refractivity contribution in [2.45, 2.75) is 46.1 Å². The number of nitrogens with zero attached hydrogens (tertiary/aromatic N) is 2. The Hall–Kier alpha value is -2.81. The van der Waals surface area contributed by atoms with E-state index in [0.717, 1.165) is 11.1 Å². The van der Waals surface area contributed by atoms with Gasteiger partial charge in [0.25, 0.3) is 0 Å². The van der Waals surface area contributed by atoms with Crippen molar-refractivity contribution < 1.29 is 33.2 Å². The second kappa shape index (κ2) is 12.8. The minimum absolute atomic E-state index is 0.0623. The molecule has 0 spiro atoms. The lowest BCUT2D eigenvalue weighted by molar-refractivity contribution is 0.0951. The summed E-state index contributed by atoms with van der Waals surface area (Å²) in [5, 5.41) is 0.337. The lowest BCUT2D eigenvalue weighted by atomic mass is 9.89. The highest BCUT2D eigenvalue weighted by Gasteiger charge is 2.21. The molecule has 0 saturated heterocycles. The number of Topliss-reactive ketones (excluding diaryl/α,β-unsaturated/α-hetero) is 2. The van der Waals surface area contributed by atoms with Crippen LogP contribution in [0.1, 0.15) is 60.2 Å². The van der Waals surface area contributed by atoms with E-state index < -0.39 is 7.82 Å². The molecule has 38 heavy (non-hydrogen) atoms. The summed E-state index contributed by atoms with van der Waals surface area (Å²) in [6, 6.07) is 12.5. The fourth-order valence-corrected chi connectivity index (χ4v) is 4.66. The van der Waals surface area contributed by atoms with Gasteiger partial charge in [-0.2, -0.15) is 0 Å². The number of imidazole rings is 1. The summed E-state index contributed by atoms with van der Waals surface area (Å²) in [5.41, 5.74) is 2.88. The molecular formula is C27H32ClN2O7P. The molecule has 0 aliphatic carbocycles. The van der Waals surface area contributed by atoms with Gasteiger partial charge in [-0.15, -0.1) is 0 Å². The minimum Gasteiger partial charge on any atom is -0.489 e. The number of benzene rings is 2. The number of aryl methyl sites for hydroxylation is 1. The number of rotatable bonds is 13. The second-order valence-corrected chi connectivity index (χ2v) is 11.1. The zero-order valence-corrected chi connectivity index (χ0v) is 23.4. The molecule has 0 aliphatic rings. The fourth-order valence-electron chi connectivity index (χ4n) is 4.10. The third kappa shape index (κ3) is 8.61. The summed E-state index contributed by atoms with van der Waals surface area (Å²) in [6.45, 7) is 5.04. The molecule has 3 rings (SSSR count). The van der Waals surface area contributed by atoms with E-state index in [9.17, 15) is 14.2 Å². The monoisotopic (exact) mass is 562 g/mol. The first-order valence-electron chi connectivity index (χ1n) is 12.2. The maximum absolute atomic E-state index is 13.1. The number of halogens is 1. The van der Waals surface area contributed by atoms with Crippen molar-refractivity contribution in [3.8, 4) is 17.0 Å². The van der Waals surface area contributed by atoms with Crippen molar-refractivity contribution in [2.75, 3.05) is 6.61 Å². The standard InChI is InChI=1S/C27H32ClN2O7P/c1-17(2)37-26-10-9-22(15-23(26)28)25(32)14-20(11-12-36-38(33,34)35)13-19-5-7-21(8-6-19)24-16-30(4)27(29-24)18(3)31/h5-10,15-17,20H,11-14H2,1-4H3,(H2,33,34,35)/t20-/m1/s1. The van der Waals surface area contributed by atoms with E-state index in [1.807, 2.05) is 38.1 Å². The van der Waals surface area contributed by atoms with Crippen LogP contribution in [0, 0.1) is 5.92 Å². The molecule has 11 heteroatoms. The Bertz CT molecular complexity index is 1330. The Morgan fingerprint density at radius 1 is 1.13 bits per heavy atom. The summed E-state index contributed by atoms with van der Waals surface area (Å²) in [7, 11) is -2.85. The van der Waals surface area contributed by atoms with Gasteiger partial charge in [0.2, 0.25) is 0 Å². The lowest BCUT2D eigenvalue weighted by Gasteiger charge is -2.18. The van der Waals surface area contributed by atoms with Gasteiger partial charge in [0.1, 0.15) is 5.75 Å². The van der Waals surface area contributed by atoms with Gasteiger partial charge in [0.05, 0.1) is 23.4 Å². The molecule has 0 fully saturated rings. The smallest absolute Gasteiger partial charge is 0.469 e. The Morgan fingerprint density at radius 3 is 2.37 bits per heavy atom. The van der Waals surface area contributed by atoms with E-state index in [1.165, 1.54) is 6.92 Å². The van der Waals surface area contributed by atoms with Crippen molar-refractivity contribution in [3.05, 3.63) is 70.6 Å². The molecule has 1 aromatic heterocycles. The van der Waals surface area contributed by atoms with E-state index in [-0.39, 0.29) is 43.0 Å². The van der Waals surface area contributed by atoms with Crippen LogP contribution in [0.3, 0.4) is 0 Å². The normalized spacial score (nSPS) is 12.5. The maximum atomic E-state index is 13.1. The van der Waals surface area contributed by atoms with E-state index in [0.29, 0.717) is 34.3 Å². The molecule has 1 atom stereocenters. The van der Waals surface area contributed by atoms with Crippen LogP contribution >= 0.6 is 19.4 Å². The Morgan fingerprint density at radius 2 is 1.82 bits per heavy atom. The molecule has 2 N–H and O–H groups in total. The first kappa shape index (κ1) is 29.7. The molecule has 0 unspecified atom stereocenters. The molecule has 0 saturated carbocycles. The highest BCUT2D eigenvalue weighted by molar-refractivity contribution is 7.46. The van der Waals surface area contributed by atoms with Crippen molar-refractivity contribution >= 4 is 31.0 Å².